The second-order valence-corrected chi connectivity index (χ2v) is 8.93. The Hall–Kier alpha value is -2.43. The molecule has 0 aliphatic heterocycles. The van der Waals surface area contributed by atoms with Crippen molar-refractivity contribution >= 4 is 45.2 Å². The molecule has 0 N–H and O–H groups in total. The Kier molecular flexibility index (Phi) is 6.35. The number of esters is 1. The van der Waals surface area contributed by atoms with Crippen molar-refractivity contribution in [3.05, 3.63) is 69.2 Å². The molecule has 4 rings (SSSR count). The van der Waals surface area contributed by atoms with Crippen LogP contribution in [0.3, 0.4) is 0 Å². The Balaban J connectivity index is 1.85. The Morgan fingerprint density at radius 1 is 1.27 bits per heavy atom. The number of thiophene rings is 1. The second kappa shape index (κ2) is 9.15. The molecule has 0 saturated heterocycles. The first-order valence-corrected chi connectivity index (χ1v) is 11.4. The van der Waals surface area contributed by atoms with Gasteiger partial charge in [-0.2, -0.15) is 0 Å². The van der Waals surface area contributed by atoms with E-state index in [2.05, 4.69) is 37.3 Å². The smallest absolute Gasteiger partial charge is 0.305 e. The van der Waals surface area contributed by atoms with E-state index in [1.807, 2.05) is 18.2 Å². The molecule has 0 bridgehead atoms. The molecular formula is C25H24ClNO2S. The molecule has 3 aromatic rings. The summed E-state index contributed by atoms with van der Waals surface area (Å²) >= 11 is 8.12. The lowest BCUT2D eigenvalue weighted by Gasteiger charge is -2.16. The number of pyridine rings is 1. The lowest BCUT2D eigenvalue weighted by molar-refractivity contribution is -0.140. The average molecular weight is 438 g/mol. The monoisotopic (exact) mass is 437 g/mol. The number of rotatable bonds is 6. The van der Waals surface area contributed by atoms with Crippen LogP contribution in [0.2, 0.25) is 5.02 Å². The van der Waals surface area contributed by atoms with E-state index in [0.29, 0.717) is 6.42 Å². The first-order valence-electron chi connectivity index (χ1n) is 10.2. The van der Waals surface area contributed by atoms with Crippen LogP contribution in [0.4, 0.5) is 0 Å². The minimum Gasteiger partial charge on any atom is -0.469 e. The maximum atomic E-state index is 11.5. The number of nitrogens with zero attached hydrogens (tertiary/aromatic N) is 1. The van der Waals surface area contributed by atoms with Crippen LogP contribution >= 0.6 is 22.9 Å². The topological polar surface area (TPSA) is 39.2 Å². The van der Waals surface area contributed by atoms with Crippen LogP contribution in [0.5, 0.6) is 0 Å². The van der Waals surface area contributed by atoms with E-state index < -0.39 is 0 Å². The summed E-state index contributed by atoms with van der Waals surface area (Å²) in [6, 6.07) is 8.09. The van der Waals surface area contributed by atoms with Gasteiger partial charge in [-0.3, -0.25) is 4.79 Å². The van der Waals surface area contributed by atoms with Gasteiger partial charge in [0, 0.05) is 27.4 Å². The first-order chi connectivity index (χ1) is 14.6. The van der Waals surface area contributed by atoms with Crippen LogP contribution < -0.4 is 0 Å². The number of fused-ring (bicyclic) bond motifs is 3. The van der Waals surface area contributed by atoms with Gasteiger partial charge in [-0.1, -0.05) is 42.0 Å². The third-order valence-electron chi connectivity index (χ3n) is 5.49. The molecule has 1 aliphatic rings. The largest absolute Gasteiger partial charge is 0.469 e. The normalized spacial score (nSPS) is 12.8. The highest BCUT2D eigenvalue weighted by molar-refractivity contribution is 7.19. The van der Waals surface area contributed by atoms with Gasteiger partial charge in [0.2, 0.25) is 0 Å². The van der Waals surface area contributed by atoms with Gasteiger partial charge in [0.15, 0.2) is 0 Å². The van der Waals surface area contributed by atoms with Crippen LogP contribution in [0.25, 0.3) is 27.4 Å². The van der Waals surface area contributed by atoms with E-state index in [1.54, 1.807) is 11.3 Å². The number of aryl methyl sites for hydroxylation is 1. The van der Waals surface area contributed by atoms with Crippen molar-refractivity contribution in [2.24, 2.45) is 0 Å². The van der Waals surface area contributed by atoms with Gasteiger partial charge in [-0.15, -0.1) is 11.3 Å². The number of benzene rings is 1. The molecule has 0 atom stereocenters. The number of hydrogen-bond donors (Lipinski definition) is 0. The predicted octanol–water partition coefficient (Wildman–Crippen LogP) is 6.94. The third-order valence-corrected chi connectivity index (χ3v) is 6.82. The number of carbonyl (C=O) groups is 1. The molecule has 1 aliphatic carbocycles. The summed E-state index contributed by atoms with van der Waals surface area (Å²) in [6.45, 7) is 2.09. The number of allylic oxidation sites excluding steroid dienone is 3. The lowest BCUT2D eigenvalue weighted by atomic mass is 9.90. The van der Waals surface area contributed by atoms with Crippen molar-refractivity contribution in [1.82, 2.24) is 4.98 Å². The molecule has 5 heteroatoms. The molecule has 2 aromatic heterocycles. The van der Waals surface area contributed by atoms with Gasteiger partial charge < -0.3 is 4.74 Å². The van der Waals surface area contributed by atoms with Gasteiger partial charge in [-0.25, -0.2) is 4.98 Å². The van der Waals surface area contributed by atoms with Crippen molar-refractivity contribution in [3.8, 4) is 11.1 Å². The van der Waals surface area contributed by atoms with E-state index in [9.17, 15) is 4.79 Å². The van der Waals surface area contributed by atoms with E-state index in [-0.39, 0.29) is 5.97 Å². The molecule has 0 fully saturated rings. The highest BCUT2D eigenvalue weighted by Crippen LogP contribution is 2.42. The molecule has 1 aromatic carbocycles. The maximum Gasteiger partial charge on any atom is 0.305 e. The fourth-order valence-electron chi connectivity index (χ4n) is 4.04. The number of unbranched alkanes of at least 4 members (excludes halogenated alkanes) is 1. The van der Waals surface area contributed by atoms with E-state index >= 15 is 0 Å². The van der Waals surface area contributed by atoms with Crippen LogP contribution in [0.1, 0.15) is 41.0 Å². The van der Waals surface area contributed by atoms with E-state index in [0.717, 1.165) is 46.8 Å². The van der Waals surface area contributed by atoms with Gasteiger partial charge >= 0.3 is 5.97 Å². The Bertz CT molecular complexity index is 1160. The molecule has 0 unspecified atom stereocenters. The summed E-state index contributed by atoms with van der Waals surface area (Å²) in [5.41, 5.74) is 5.98. The Morgan fingerprint density at radius 2 is 2.13 bits per heavy atom. The van der Waals surface area contributed by atoms with E-state index in [4.69, 9.17) is 21.3 Å². The zero-order chi connectivity index (χ0) is 21.1. The summed E-state index contributed by atoms with van der Waals surface area (Å²) in [5.74, 6) is -0.155. The van der Waals surface area contributed by atoms with Crippen molar-refractivity contribution < 1.29 is 9.53 Å². The van der Waals surface area contributed by atoms with Gasteiger partial charge in [-0.05, 0) is 73.1 Å². The van der Waals surface area contributed by atoms with Crippen LogP contribution in [0.15, 0.2) is 42.5 Å². The van der Waals surface area contributed by atoms with Crippen LogP contribution in [-0.4, -0.2) is 18.1 Å². The van der Waals surface area contributed by atoms with Gasteiger partial charge in [0.25, 0.3) is 0 Å². The molecule has 0 amide bonds. The second-order valence-electron chi connectivity index (χ2n) is 7.46. The molecule has 0 saturated carbocycles. The van der Waals surface area contributed by atoms with E-state index in [1.165, 1.54) is 34.1 Å². The fourth-order valence-corrected chi connectivity index (χ4v) is 5.41. The quantitative estimate of drug-likeness (QED) is 0.310. The molecule has 0 radical (unpaired) electrons. The number of aromatic nitrogens is 1. The Labute approximate surface area is 186 Å². The highest BCUT2D eigenvalue weighted by atomic mass is 35.5. The zero-order valence-corrected chi connectivity index (χ0v) is 18.8. The van der Waals surface area contributed by atoms with Gasteiger partial charge in [0.1, 0.15) is 4.83 Å². The minimum absolute atomic E-state index is 0.155. The number of carbonyl (C=O) groups excluding carboxylic acids is 1. The minimum atomic E-state index is -0.155. The maximum absolute atomic E-state index is 11.5. The SMILES string of the molecule is COC(=O)CCCCc1c(C)nc2sc3c(c2c1-c1cccc(Cl)c1)CC=CC=C3. The predicted molar refractivity (Wildman–Crippen MR) is 126 cm³/mol. The molecule has 154 valence electrons. The summed E-state index contributed by atoms with van der Waals surface area (Å²) in [7, 11) is 1.44. The molecule has 30 heavy (non-hydrogen) atoms. The summed E-state index contributed by atoms with van der Waals surface area (Å²) in [5, 5.41) is 1.97. The first kappa shape index (κ1) is 20.8. The van der Waals surface area contributed by atoms with Crippen molar-refractivity contribution in [2.75, 3.05) is 7.11 Å². The zero-order valence-electron chi connectivity index (χ0n) is 17.2. The summed E-state index contributed by atoms with van der Waals surface area (Å²) in [6.07, 6.45) is 12.5. The Morgan fingerprint density at radius 3 is 2.93 bits per heavy atom. The fraction of sp³-hybridized carbons (Fsp3) is 0.280. The number of ether oxygens (including phenoxy) is 1. The molecule has 2 heterocycles. The lowest BCUT2D eigenvalue weighted by Crippen LogP contribution is -2.02. The number of methoxy groups -OCH3 is 1. The molecule has 0 spiro atoms. The number of halogens is 1. The summed E-state index contributed by atoms with van der Waals surface area (Å²) in [4.78, 5) is 18.8. The third kappa shape index (κ3) is 4.21. The van der Waals surface area contributed by atoms with Crippen molar-refractivity contribution in [3.63, 3.8) is 0 Å². The van der Waals surface area contributed by atoms with Gasteiger partial charge in [0.05, 0.1) is 7.11 Å². The summed E-state index contributed by atoms with van der Waals surface area (Å²) < 4.78 is 4.78. The van der Waals surface area contributed by atoms with Crippen molar-refractivity contribution in [2.45, 2.75) is 39.0 Å². The number of hydrogen-bond acceptors (Lipinski definition) is 4. The molecular weight excluding hydrogens is 414 g/mol. The average Bonchev–Trinajstić information content (AvgIpc) is 2.91. The standard InChI is InChI=1S/C25H24ClNO2S/c1-16-19(11-6-7-14-22(28)29-2)23(17-9-8-10-18(26)15-17)24-20-12-4-3-5-13-21(20)30-25(24)27-16/h3-5,8-10,13,15H,6-7,11-12,14H2,1-2H3. The van der Waals surface area contributed by atoms with Crippen LogP contribution in [-0.2, 0) is 22.4 Å². The van der Waals surface area contributed by atoms with Crippen molar-refractivity contribution in [1.29, 1.82) is 0 Å². The molecule has 3 nitrogen and oxygen atoms in total. The highest BCUT2D eigenvalue weighted by Gasteiger charge is 2.21. The van der Waals surface area contributed by atoms with Crippen LogP contribution in [0, 0.1) is 6.92 Å².